The first-order chi connectivity index (χ1) is 6.63. The third kappa shape index (κ3) is 2.95. The Kier molecular flexibility index (Phi) is 3.81. The van der Waals surface area contributed by atoms with Gasteiger partial charge in [-0.1, -0.05) is 19.4 Å². The number of hydrogen-bond acceptors (Lipinski definition) is 2. The highest BCUT2D eigenvalue weighted by Crippen LogP contribution is 2.19. The summed E-state index contributed by atoms with van der Waals surface area (Å²) in [5.74, 6) is 0. The Hall–Kier alpha value is -1.18. The van der Waals surface area contributed by atoms with Crippen molar-refractivity contribution in [2.45, 2.75) is 39.7 Å². The molecule has 78 valence electrons. The van der Waals surface area contributed by atoms with Crippen molar-refractivity contribution in [3.05, 3.63) is 23.8 Å². The second-order valence-electron chi connectivity index (χ2n) is 3.91. The van der Waals surface area contributed by atoms with Crippen LogP contribution in [0, 0.1) is 6.92 Å². The largest absolute Gasteiger partial charge is 0.399 e. The van der Waals surface area contributed by atoms with Crippen LogP contribution in [-0.4, -0.2) is 6.04 Å². The standard InChI is InChI=1S/C12H20N2/c1-4-5-10(3)14-12-8-11(13)7-6-9(12)2/h6-8,10,14H,4-5,13H2,1-3H3. The number of nitrogens with one attached hydrogen (secondary N) is 1. The van der Waals surface area contributed by atoms with Gasteiger partial charge in [0.25, 0.3) is 0 Å². The van der Waals surface area contributed by atoms with Crippen molar-refractivity contribution in [3.8, 4) is 0 Å². The fraction of sp³-hybridized carbons (Fsp3) is 0.500. The molecule has 0 aromatic heterocycles. The first-order valence-electron chi connectivity index (χ1n) is 5.26. The maximum Gasteiger partial charge on any atom is 0.0392 e. The number of hydrogen-bond donors (Lipinski definition) is 2. The summed E-state index contributed by atoms with van der Waals surface area (Å²) in [6.07, 6.45) is 2.39. The SMILES string of the molecule is CCCC(C)Nc1cc(N)ccc1C. The third-order valence-electron chi connectivity index (χ3n) is 2.39. The highest BCUT2D eigenvalue weighted by Gasteiger charge is 2.03. The number of rotatable bonds is 4. The van der Waals surface area contributed by atoms with Crippen LogP contribution in [0.5, 0.6) is 0 Å². The predicted octanol–water partition coefficient (Wildman–Crippen LogP) is 3.18. The lowest BCUT2D eigenvalue weighted by molar-refractivity contribution is 0.690. The minimum atomic E-state index is 0.514. The van der Waals surface area contributed by atoms with E-state index in [2.05, 4.69) is 32.2 Å². The summed E-state index contributed by atoms with van der Waals surface area (Å²) in [6, 6.07) is 6.50. The van der Waals surface area contributed by atoms with Gasteiger partial charge in [0.05, 0.1) is 0 Å². The average molecular weight is 192 g/mol. The van der Waals surface area contributed by atoms with Crippen LogP contribution in [0.1, 0.15) is 32.3 Å². The molecule has 3 N–H and O–H groups in total. The van der Waals surface area contributed by atoms with E-state index >= 15 is 0 Å². The molecule has 14 heavy (non-hydrogen) atoms. The minimum absolute atomic E-state index is 0.514. The van der Waals surface area contributed by atoms with E-state index in [-0.39, 0.29) is 0 Å². The first kappa shape index (κ1) is 10.9. The summed E-state index contributed by atoms with van der Waals surface area (Å²) in [7, 11) is 0. The topological polar surface area (TPSA) is 38.0 Å². The van der Waals surface area contributed by atoms with Gasteiger partial charge >= 0.3 is 0 Å². The number of nitrogen functional groups attached to an aromatic ring is 1. The van der Waals surface area contributed by atoms with Crippen molar-refractivity contribution >= 4 is 11.4 Å². The lowest BCUT2D eigenvalue weighted by atomic mass is 10.1. The molecule has 0 heterocycles. The molecule has 1 atom stereocenters. The van der Waals surface area contributed by atoms with E-state index in [1.807, 2.05) is 12.1 Å². The molecule has 0 fully saturated rings. The van der Waals surface area contributed by atoms with Crippen molar-refractivity contribution in [1.29, 1.82) is 0 Å². The Morgan fingerprint density at radius 3 is 2.79 bits per heavy atom. The van der Waals surface area contributed by atoms with E-state index in [0.717, 1.165) is 11.4 Å². The zero-order chi connectivity index (χ0) is 10.6. The molecule has 0 spiro atoms. The molecule has 0 bridgehead atoms. The van der Waals surface area contributed by atoms with Crippen LogP contribution in [-0.2, 0) is 0 Å². The van der Waals surface area contributed by atoms with E-state index in [9.17, 15) is 0 Å². The van der Waals surface area contributed by atoms with Gasteiger partial charge in [0, 0.05) is 17.4 Å². The van der Waals surface area contributed by atoms with Crippen LogP contribution in [0.25, 0.3) is 0 Å². The molecule has 0 aliphatic heterocycles. The van der Waals surface area contributed by atoms with Crippen LogP contribution in [0.4, 0.5) is 11.4 Å². The summed E-state index contributed by atoms with van der Waals surface area (Å²) in [6.45, 7) is 6.50. The number of aryl methyl sites for hydroxylation is 1. The zero-order valence-electron chi connectivity index (χ0n) is 9.30. The van der Waals surface area contributed by atoms with Gasteiger partial charge in [0.1, 0.15) is 0 Å². The fourth-order valence-corrected chi connectivity index (χ4v) is 1.57. The predicted molar refractivity (Wildman–Crippen MR) is 63.6 cm³/mol. The fourth-order valence-electron chi connectivity index (χ4n) is 1.57. The van der Waals surface area contributed by atoms with Crippen molar-refractivity contribution in [1.82, 2.24) is 0 Å². The number of nitrogens with two attached hydrogens (primary N) is 1. The van der Waals surface area contributed by atoms with Gasteiger partial charge < -0.3 is 11.1 Å². The zero-order valence-corrected chi connectivity index (χ0v) is 9.30. The van der Waals surface area contributed by atoms with Gasteiger partial charge in [-0.15, -0.1) is 0 Å². The van der Waals surface area contributed by atoms with Crippen LogP contribution < -0.4 is 11.1 Å². The number of anilines is 2. The lowest BCUT2D eigenvalue weighted by Gasteiger charge is -2.16. The van der Waals surface area contributed by atoms with Gasteiger partial charge in [0.2, 0.25) is 0 Å². The van der Waals surface area contributed by atoms with E-state index in [1.54, 1.807) is 0 Å². The van der Waals surface area contributed by atoms with E-state index in [4.69, 9.17) is 5.73 Å². The van der Waals surface area contributed by atoms with Crippen molar-refractivity contribution in [2.75, 3.05) is 11.1 Å². The molecule has 0 aliphatic rings. The molecule has 1 unspecified atom stereocenters. The average Bonchev–Trinajstić information content (AvgIpc) is 2.12. The molecular formula is C12H20N2. The summed E-state index contributed by atoms with van der Waals surface area (Å²) in [5, 5.41) is 3.47. The highest BCUT2D eigenvalue weighted by molar-refractivity contribution is 5.59. The quantitative estimate of drug-likeness (QED) is 0.719. The molecular weight excluding hydrogens is 172 g/mol. The first-order valence-corrected chi connectivity index (χ1v) is 5.26. The van der Waals surface area contributed by atoms with Crippen LogP contribution in [0.3, 0.4) is 0 Å². The lowest BCUT2D eigenvalue weighted by Crippen LogP contribution is -2.15. The Morgan fingerprint density at radius 2 is 2.14 bits per heavy atom. The normalized spacial score (nSPS) is 12.5. The molecule has 0 saturated heterocycles. The maximum atomic E-state index is 5.74. The Bertz CT molecular complexity index is 294. The van der Waals surface area contributed by atoms with E-state index in [0.29, 0.717) is 6.04 Å². The molecule has 1 aromatic carbocycles. The Morgan fingerprint density at radius 1 is 1.43 bits per heavy atom. The minimum Gasteiger partial charge on any atom is -0.399 e. The van der Waals surface area contributed by atoms with Gasteiger partial charge in [-0.05, 0) is 38.0 Å². The molecule has 2 nitrogen and oxygen atoms in total. The van der Waals surface area contributed by atoms with Gasteiger partial charge in [-0.3, -0.25) is 0 Å². The Labute approximate surface area is 86.5 Å². The van der Waals surface area contributed by atoms with Gasteiger partial charge in [-0.25, -0.2) is 0 Å². The smallest absolute Gasteiger partial charge is 0.0392 e. The molecule has 0 saturated carbocycles. The summed E-state index contributed by atoms with van der Waals surface area (Å²) in [4.78, 5) is 0. The number of benzene rings is 1. The maximum absolute atomic E-state index is 5.74. The van der Waals surface area contributed by atoms with E-state index < -0.39 is 0 Å². The Balaban J connectivity index is 2.70. The second-order valence-corrected chi connectivity index (χ2v) is 3.91. The molecule has 1 aromatic rings. The van der Waals surface area contributed by atoms with Gasteiger partial charge in [0.15, 0.2) is 0 Å². The molecule has 0 amide bonds. The second kappa shape index (κ2) is 4.89. The summed E-state index contributed by atoms with van der Waals surface area (Å²) in [5.41, 5.74) is 8.97. The van der Waals surface area contributed by atoms with Crippen molar-refractivity contribution in [3.63, 3.8) is 0 Å². The van der Waals surface area contributed by atoms with E-state index in [1.165, 1.54) is 18.4 Å². The van der Waals surface area contributed by atoms with Gasteiger partial charge in [-0.2, -0.15) is 0 Å². The molecule has 1 rings (SSSR count). The van der Waals surface area contributed by atoms with Crippen LogP contribution in [0.15, 0.2) is 18.2 Å². The molecule has 2 heteroatoms. The summed E-state index contributed by atoms with van der Waals surface area (Å²) < 4.78 is 0. The molecule has 0 radical (unpaired) electrons. The van der Waals surface area contributed by atoms with Crippen LogP contribution >= 0.6 is 0 Å². The van der Waals surface area contributed by atoms with Crippen molar-refractivity contribution < 1.29 is 0 Å². The highest BCUT2D eigenvalue weighted by atomic mass is 14.9. The third-order valence-corrected chi connectivity index (χ3v) is 2.39. The monoisotopic (exact) mass is 192 g/mol. The van der Waals surface area contributed by atoms with Crippen LogP contribution in [0.2, 0.25) is 0 Å². The van der Waals surface area contributed by atoms with Crippen molar-refractivity contribution in [2.24, 2.45) is 0 Å². The summed E-state index contributed by atoms with van der Waals surface area (Å²) >= 11 is 0. The molecule has 0 aliphatic carbocycles.